The molecule has 0 fully saturated rings. The zero-order chi connectivity index (χ0) is 22.1. The van der Waals surface area contributed by atoms with Crippen LogP contribution < -0.4 is 10.9 Å². The molecule has 162 valence electrons. The van der Waals surface area contributed by atoms with Crippen LogP contribution in [0.1, 0.15) is 29.2 Å². The molecule has 0 aliphatic heterocycles. The van der Waals surface area contributed by atoms with Crippen LogP contribution in [-0.2, 0) is 17.8 Å². The maximum Gasteiger partial charge on any atom is 0.272 e. The summed E-state index contributed by atoms with van der Waals surface area (Å²) in [6, 6.07) is 16.3. The number of halogens is 1. The van der Waals surface area contributed by atoms with E-state index < -0.39 is 0 Å². The second kappa shape index (κ2) is 8.88. The van der Waals surface area contributed by atoms with E-state index in [1.54, 1.807) is 24.3 Å². The molecule has 32 heavy (non-hydrogen) atoms. The first-order valence-corrected chi connectivity index (χ1v) is 12.2. The molecule has 2 heterocycles. The van der Waals surface area contributed by atoms with Gasteiger partial charge in [0.25, 0.3) is 5.56 Å². The fraction of sp³-hybridized carbons (Fsp3) is 0.208. The smallest absolute Gasteiger partial charge is 0.272 e. The number of carbonyl (C=O) groups is 1. The molecule has 5 rings (SSSR count). The van der Waals surface area contributed by atoms with E-state index in [-0.39, 0.29) is 35.6 Å². The molecule has 1 aliphatic rings. The van der Waals surface area contributed by atoms with Gasteiger partial charge in [-0.05, 0) is 41.5 Å². The molecule has 8 heteroatoms. The number of fused-ring (bicyclic) bond motifs is 2. The van der Waals surface area contributed by atoms with Crippen LogP contribution in [0.4, 0.5) is 4.39 Å². The molecule has 1 atom stereocenters. The Kier molecular flexibility index (Phi) is 5.80. The fourth-order valence-corrected chi connectivity index (χ4v) is 5.63. The van der Waals surface area contributed by atoms with Crippen molar-refractivity contribution in [1.82, 2.24) is 14.9 Å². The number of aromatic nitrogens is 2. The number of hydrogen-bond acceptors (Lipinski definition) is 5. The Morgan fingerprint density at radius 2 is 2.00 bits per heavy atom. The van der Waals surface area contributed by atoms with Crippen LogP contribution in [0, 0.1) is 5.82 Å². The highest BCUT2D eigenvalue weighted by atomic mass is 32.2. The zero-order valence-electron chi connectivity index (χ0n) is 17.1. The number of rotatable bonds is 6. The molecular formula is C24H20FN3O2S2. The number of carbonyl (C=O) groups excluding carboxylic acids is 1. The Hall–Kier alpha value is -2.97. The van der Waals surface area contributed by atoms with Gasteiger partial charge in [0.15, 0.2) is 5.16 Å². The molecule has 0 saturated carbocycles. The first-order valence-electron chi connectivity index (χ1n) is 10.3. The van der Waals surface area contributed by atoms with E-state index in [0.29, 0.717) is 20.9 Å². The van der Waals surface area contributed by atoms with Crippen molar-refractivity contribution >= 4 is 39.2 Å². The molecular weight excluding hydrogens is 445 g/mol. The average molecular weight is 466 g/mol. The van der Waals surface area contributed by atoms with Crippen molar-refractivity contribution < 1.29 is 9.18 Å². The summed E-state index contributed by atoms with van der Waals surface area (Å²) in [5.74, 6) is -0.369. The fourth-order valence-electron chi connectivity index (χ4n) is 4.04. The molecule has 1 N–H and O–H groups in total. The van der Waals surface area contributed by atoms with Gasteiger partial charge in [-0.3, -0.25) is 14.2 Å². The van der Waals surface area contributed by atoms with Crippen molar-refractivity contribution in [3.8, 4) is 0 Å². The molecule has 0 radical (unpaired) electrons. The highest BCUT2D eigenvalue weighted by Gasteiger charge is 2.24. The first kappa shape index (κ1) is 20.9. The quantitative estimate of drug-likeness (QED) is 0.335. The van der Waals surface area contributed by atoms with Gasteiger partial charge in [0.2, 0.25) is 5.91 Å². The van der Waals surface area contributed by atoms with Crippen LogP contribution in [0.15, 0.2) is 69.9 Å². The standard InChI is InChI=1S/C24H20FN3O2S2/c25-18-8-4-2-6-16(18)13-28-23(30)22-20(11-12-31-22)27-24(28)32-14-21(29)26-19-10-9-15-5-1-3-7-17(15)19/h1-8,11-12,19H,9-10,13-14H2,(H,26,29)/t19-/m1/s1. The summed E-state index contributed by atoms with van der Waals surface area (Å²) in [5, 5.41) is 5.32. The number of thiophene rings is 1. The third-order valence-corrected chi connectivity index (χ3v) is 7.49. The van der Waals surface area contributed by atoms with Crippen LogP contribution in [0.5, 0.6) is 0 Å². The predicted molar refractivity (Wildman–Crippen MR) is 126 cm³/mol. The van der Waals surface area contributed by atoms with Crippen LogP contribution in [0.3, 0.4) is 0 Å². The van der Waals surface area contributed by atoms with Gasteiger partial charge < -0.3 is 5.32 Å². The summed E-state index contributed by atoms with van der Waals surface area (Å²) in [5.41, 5.74) is 3.22. The van der Waals surface area contributed by atoms with Crippen LogP contribution in [-0.4, -0.2) is 21.2 Å². The SMILES string of the molecule is O=C(CSc1nc2ccsc2c(=O)n1Cc1ccccc1F)N[C@@H]1CCc2ccccc21. The molecule has 0 unspecified atom stereocenters. The summed E-state index contributed by atoms with van der Waals surface area (Å²) in [6.07, 6.45) is 1.83. The first-order chi connectivity index (χ1) is 15.6. The number of thioether (sulfide) groups is 1. The van der Waals surface area contributed by atoms with Crippen molar-refractivity contribution in [2.75, 3.05) is 5.75 Å². The summed E-state index contributed by atoms with van der Waals surface area (Å²) in [7, 11) is 0. The van der Waals surface area contributed by atoms with Crippen molar-refractivity contribution in [2.24, 2.45) is 0 Å². The zero-order valence-corrected chi connectivity index (χ0v) is 18.7. The Morgan fingerprint density at radius 3 is 2.88 bits per heavy atom. The van der Waals surface area contributed by atoms with Crippen molar-refractivity contribution in [3.63, 3.8) is 0 Å². The van der Waals surface area contributed by atoms with E-state index in [9.17, 15) is 14.0 Å². The van der Waals surface area contributed by atoms with Crippen LogP contribution in [0.25, 0.3) is 10.2 Å². The Bertz CT molecular complexity index is 1360. The molecule has 4 aromatic rings. The summed E-state index contributed by atoms with van der Waals surface area (Å²) in [4.78, 5) is 30.4. The lowest BCUT2D eigenvalue weighted by atomic mass is 10.1. The number of hydrogen-bond donors (Lipinski definition) is 1. The molecule has 1 aliphatic carbocycles. The largest absolute Gasteiger partial charge is 0.349 e. The number of nitrogens with one attached hydrogen (secondary N) is 1. The van der Waals surface area contributed by atoms with E-state index in [1.165, 1.54) is 44.9 Å². The van der Waals surface area contributed by atoms with E-state index in [4.69, 9.17) is 0 Å². The minimum atomic E-state index is -0.376. The number of amides is 1. The predicted octanol–water partition coefficient (Wildman–Crippen LogP) is 4.54. The second-order valence-electron chi connectivity index (χ2n) is 7.66. The van der Waals surface area contributed by atoms with Crippen LogP contribution in [0.2, 0.25) is 0 Å². The molecule has 2 aromatic carbocycles. The number of nitrogens with zero attached hydrogens (tertiary/aromatic N) is 2. The Balaban J connectivity index is 1.37. The van der Waals surface area contributed by atoms with Gasteiger partial charge in [-0.15, -0.1) is 11.3 Å². The topological polar surface area (TPSA) is 64.0 Å². The van der Waals surface area contributed by atoms with E-state index in [2.05, 4.69) is 22.4 Å². The van der Waals surface area contributed by atoms with Crippen molar-refractivity contribution in [1.29, 1.82) is 0 Å². The van der Waals surface area contributed by atoms with Gasteiger partial charge in [0.1, 0.15) is 10.5 Å². The summed E-state index contributed by atoms with van der Waals surface area (Å²) >= 11 is 2.51. The molecule has 0 bridgehead atoms. The molecule has 5 nitrogen and oxygen atoms in total. The lowest BCUT2D eigenvalue weighted by molar-refractivity contribution is -0.119. The molecule has 1 amide bonds. The third kappa shape index (κ3) is 4.08. The van der Waals surface area contributed by atoms with Gasteiger partial charge in [-0.25, -0.2) is 9.37 Å². The van der Waals surface area contributed by atoms with Gasteiger partial charge in [0.05, 0.1) is 23.9 Å². The van der Waals surface area contributed by atoms with Gasteiger partial charge in [-0.1, -0.05) is 54.2 Å². The molecule has 2 aromatic heterocycles. The maximum absolute atomic E-state index is 14.3. The highest BCUT2D eigenvalue weighted by molar-refractivity contribution is 7.99. The van der Waals surface area contributed by atoms with Crippen molar-refractivity contribution in [2.45, 2.75) is 30.6 Å². The van der Waals surface area contributed by atoms with E-state index in [0.717, 1.165) is 12.8 Å². The highest BCUT2D eigenvalue weighted by Crippen LogP contribution is 2.31. The van der Waals surface area contributed by atoms with Gasteiger partial charge >= 0.3 is 0 Å². The van der Waals surface area contributed by atoms with Gasteiger partial charge in [-0.2, -0.15) is 0 Å². The van der Waals surface area contributed by atoms with Crippen LogP contribution >= 0.6 is 23.1 Å². The lowest BCUT2D eigenvalue weighted by Crippen LogP contribution is -2.29. The van der Waals surface area contributed by atoms with E-state index >= 15 is 0 Å². The lowest BCUT2D eigenvalue weighted by Gasteiger charge is -2.15. The average Bonchev–Trinajstić information content (AvgIpc) is 3.43. The van der Waals surface area contributed by atoms with Gasteiger partial charge in [0, 0.05) is 5.56 Å². The summed E-state index contributed by atoms with van der Waals surface area (Å²) in [6.45, 7) is 0.0618. The Morgan fingerprint density at radius 1 is 1.19 bits per heavy atom. The van der Waals surface area contributed by atoms with E-state index in [1.807, 2.05) is 17.5 Å². The number of aryl methyl sites for hydroxylation is 1. The normalized spacial score (nSPS) is 15.1. The number of benzene rings is 2. The monoisotopic (exact) mass is 465 g/mol. The Labute approximate surface area is 192 Å². The minimum Gasteiger partial charge on any atom is -0.349 e. The summed E-state index contributed by atoms with van der Waals surface area (Å²) < 4.78 is 16.2. The minimum absolute atomic E-state index is 0.00669. The molecule has 0 spiro atoms. The molecule has 0 saturated heterocycles. The third-order valence-electron chi connectivity index (χ3n) is 5.62. The maximum atomic E-state index is 14.3. The van der Waals surface area contributed by atoms with Crippen molar-refractivity contribution in [3.05, 3.63) is 92.8 Å². The second-order valence-corrected chi connectivity index (χ2v) is 9.52.